The highest BCUT2D eigenvalue weighted by atomic mass is 19.4. The number of hydrogen-bond acceptors (Lipinski definition) is 4. The van der Waals surface area contributed by atoms with Gasteiger partial charge in [0.05, 0.1) is 16.5 Å². The van der Waals surface area contributed by atoms with Crippen LogP contribution >= 0.6 is 0 Å². The SMILES string of the molecule is C=C(C)C(=O)Oc1ccc(-c2ccc(-c3ccc(OC(=O)C(C)(C)C)cc3)c(C(F)(F)F)c2C(F)(F)F)cc1. The third-order valence-electron chi connectivity index (χ3n) is 5.48. The fourth-order valence-electron chi connectivity index (χ4n) is 3.53. The summed E-state index contributed by atoms with van der Waals surface area (Å²) in [6, 6.07) is 11.3. The van der Waals surface area contributed by atoms with Crippen molar-refractivity contribution in [3.8, 4) is 33.8 Å². The van der Waals surface area contributed by atoms with Crippen LogP contribution in [-0.2, 0) is 21.9 Å². The number of benzene rings is 3. The molecule has 0 bridgehead atoms. The average molecular weight is 550 g/mol. The maximum atomic E-state index is 14.3. The monoisotopic (exact) mass is 550 g/mol. The van der Waals surface area contributed by atoms with Crippen molar-refractivity contribution in [2.45, 2.75) is 40.0 Å². The number of hydrogen-bond donors (Lipinski definition) is 0. The summed E-state index contributed by atoms with van der Waals surface area (Å²) in [6.45, 7) is 9.66. The van der Waals surface area contributed by atoms with E-state index in [9.17, 15) is 35.9 Å². The van der Waals surface area contributed by atoms with Crippen molar-refractivity contribution in [3.63, 3.8) is 0 Å². The fourth-order valence-corrected chi connectivity index (χ4v) is 3.53. The molecule has 0 saturated heterocycles. The van der Waals surface area contributed by atoms with Crippen molar-refractivity contribution in [2.24, 2.45) is 5.41 Å². The second kappa shape index (κ2) is 10.6. The third-order valence-corrected chi connectivity index (χ3v) is 5.48. The molecular formula is C29H24F6O4. The first kappa shape index (κ1) is 29.5. The molecule has 0 heterocycles. The van der Waals surface area contributed by atoms with E-state index >= 15 is 0 Å². The highest BCUT2D eigenvalue weighted by molar-refractivity contribution is 5.89. The molecule has 0 saturated carbocycles. The van der Waals surface area contributed by atoms with Crippen LogP contribution in [0.1, 0.15) is 38.8 Å². The lowest BCUT2D eigenvalue weighted by molar-refractivity contribution is -0.161. The molecule has 10 heteroatoms. The molecule has 39 heavy (non-hydrogen) atoms. The Balaban J connectivity index is 2.13. The van der Waals surface area contributed by atoms with Gasteiger partial charge in [-0.05, 0) is 74.2 Å². The van der Waals surface area contributed by atoms with E-state index in [0.29, 0.717) is 0 Å². The average Bonchev–Trinajstić information content (AvgIpc) is 2.82. The van der Waals surface area contributed by atoms with Crippen molar-refractivity contribution < 1.29 is 45.4 Å². The maximum absolute atomic E-state index is 14.3. The van der Waals surface area contributed by atoms with Crippen LogP contribution < -0.4 is 9.47 Å². The van der Waals surface area contributed by atoms with Gasteiger partial charge in [-0.25, -0.2) is 4.79 Å². The zero-order chi connectivity index (χ0) is 29.3. The number of halogens is 6. The van der Waals surface area contributed by atoms with Gasteiger partial charge in [0.1, 0.15) is 11.5 Å². The van der Waals surface area contributed by atoms with Gasteiger partial charge in [-0.15, -0.1) is 0 Å². The molecule has 206 valence electrons. The minimum atomic E-state index is -5.37. The van der Waals surface area contributed by atoms with Crippen LogP contribution in [0.25, 0.3) is 22.3 Å². The molecule has 0 N–H and O–H groups in total. The van der Waals surface area contributed by atoms with E-state index < -0.39 is 52.0 Å². The molecule has 0 aliphatic rings. The highest BCUT2D eigenvalue weighted by Crippen LogP contribution is 2.49. The van der Waals surface area contributed by atoms with Crippen molar-refractivity contribution in [1.29, 1.82) is 0 Å². The third kappa shape index (κ3) is 6.87. The van der Waals surface area contributed by atoms with Gasteiger partial charge in [-0.1, -0.05) is 43.0 Å². The summed E-state index contributed by atoms with van der Waals surface area (Å²) in [4.78, 5) is 23.8. The predicted octanol–water partition coefficient (Wildman–Crippen LogP) is 8.49. The molecule has 0 aromatic heterocycles. The number of alkyl halides is 6. The van der Waals surface area contributed by atoms with E-state index in [2.05, 4.69) is 6.58 Å². The number of ether oxygens (including phenoxy) is 2. The van der Waals surface area contributed by atoms with Crippen molar-refractivity contribution >= 4 is 11.9 Å². The van der Waals surface area contributed by atoms with Crippen LogP contribution in [0, 0.1) is 5.41 Å². The van der Waals surface area contributed by atoms with E-state index in [1.165, 1.54) is 31.2 Å². The molecule has 3 aromatic carbocycles. The molecule has 0 aliphatic heterocycles. The number of rotatable bonds is 5. The normalized spacial score (nSPS) is 12.2. The van der Waals surface area contributed by atoms with E-state index in [1.54, 1.807) is 20.8 Å². The smallest absolute Gasteiger partial charge is 0.417 e. The van der Waals surface area contributed by atoms with E-state index in [1.807, 2.05) is 0 Å². The number of esters is 2. The maximum Gasteiger partial charge on any atom is 0.417 e. The van der Waals surface area contributed by atoms with Gasteiger partial charge in [-0.3, -0.25) is 4.79 Å². The minimum absolute atomic E-state index is 0.0137. The molecule has 0 radical (unpaired) electrons. The Hall–Kier alpha value is -4.08. The van der Waals surface area contributed by atoms with E-state index in [4.69, 9.17) is 9.47 Å². The summed E-state index contributed by atoms with van der Waals surface area (Å²) in [5, 5.41) is 0. The number of carbonyl (C=O) groups excluding carboxylic acids is 2. The van der Waals surface area contributed by atoms with Gasteiger partial charge < -0.3 is 9.47 Å². The van der Waals surface area contributed by atoms with Gasteiger partial charge >= 0.3 is 24.3 Å². The number of carbonyl (C=O) groups is 2. The van der Waals surface area contributed by atoms with Crippen molar-refractivity contribution in [3.05, 3.63) is 83.9 Å². The molecular weight excluding hydrogens is 526 g/mol. The molecule has 0 aliphatic carbocycles. The lowest BCUT2D eigenvalue weighted by Crippen LogP contribution is -2.25. The first-order valence-electron chi connectivity index (χ1n) is 11.5. The summed E-state index contributed by atoms with van der Waals surface area (Å²) in [5.74, 6) is -1.33. The Labute approximate surface area is 220 Å². The quantitative estimate of drug-likeness (QED) is 0.138. The molecule has 4 nitrogen and oxygen atoms in total. The molecule has 3 rings (SSSR count). The Bertz CT molecular complexity index is 1390. The first-order chi connectivity index (χ1) is 17.9. The van der Waals surface area contributed by atoms with E-state index in [-0.39, 0.29) is 28.2 Å². The first-order valence-corrected chi connectivity index (χ1v) is 11.5. The van der Waals surface area contributed by atoms with Gasteiger partial charge in [0, 0.05) is 5.57 Å². The molecule has 0 amide bonds. The Morgan fingerprint density at radius 2 is 1.00 bits per heavy atom. The summed E-state index contributed by atoms with van der Waals surface area (Å²) in [7, 11) is 0. The van der Waals surface area contributed by atoms with Crippen LogP contribution in [0.2, 0.25) is 0 Å². The predicted molar refractivity (Wildman–Crippen MR) is 133 cm³/mol. The molecule has 0 unspecified atom stereocenters. The van der Waals surface area contributed by atoms with Crippen LogP contribution in [0.5, 0.6) is 11.5 Å². The second-order valence-corrected chi connectivity index (χ2v) is 9.76. The summed E-state index contributed by atoms with van der Waals surface area (Å²) >= 11 is 0. The Kier molecular flexibility index (Phi) is 8.00. The summed E-state index contributed by atoms with van der Waals surface area (Å²) in [5.41, 5.74) is -6.19. The van der Waals surface area contributed by atoms with Crippen LogP contribution in [0.15, 0.2) is 72.8 Å². The van der Waals surface area contributed by atoms with Crippen LogP contribution in [-0.4, -0.2) is 11.9 Å². The zero-order valence-corrected chi connectivity index (χ0v) is 21.4. The molecule has 0 atom stereocenters. The minimum Gasteiger partial charge on any atom is -0.426 e. The Morgan fingerprint density at radius 3 is 1.31 bits per heavy atom. The largest absolute Gasteiger partial charge is 0.426 e. The van der Waals surface area contributed by atoms with Crippen LogP contribution in [0.3, 0.4) is 0 Å². The lowest BCUT2D eigenvalue weighted by atomic mass is 9.88. The van der Waals surface area contributed by atoms with Gasteiger partial charge in [0.25, 0.3) is 0 Å². The van der Waals surface area contributed by atoms with Gasteiger partial charge in [-0.2, -0.15) is 26.3 Å². The second-order valence-electron chi connectivity index (χ2n) is 9.76. The Morgan fingerprint density at radius 1 is 0.641 bits per heavy atom. The van der Waals surface area contributed by atoms with Gasteiger partial charge in [0.15, 0.2) is 0 Å². The summed E-state index contributed by atoms with van der Waals surface area (Å²) in [6.07, 6.45) is -10.7. The standard InChI is InChI=1S/C29H24F6O4/c1-16(2)25(36)38-19-10-6-17(7-11-19)21-14-15-22(24(29(33,34)35)23(21)28(30,31)32)18-8-12-20(13-9-18)39-26(37)27(3,4)5/h6-15H,1H2,2-5H3. The lowest BCUT2D eigenvalue weighted by Gasteiger charge is -2.23. The summed E-state index contributed by atoms with van der Waals surface area (Å²) < 4.78 is 95.7. The topological polar surface area (TPSA) is 52.6 Å². The molecule has 0 fully saturated rings. The zero-order valence-electron chi connectivity index (χ0n) is 21.4. The van der Waals surface area contributed by atoms with Crippen molar-refractivity contribution in [1.82, 2.24) is 0 Å². The van der Waals surface area contributed by atoms with Gasteiger partial charge in [0.2, 0.25) is 0 Å². The van der Waals surface area contributed by atoms with E-state index in [0.717, 1.165) is 36.4 Å². The highest BCUT2D eigenvalue weighted by Gasteiger charge is 2.47. The molecule has 3 aromatic rings. The van der Waals surface area contributed by atoms with Crippen LogP contribution in [0.4, 0.5) is 26.3 Å². The fraction of sp³-hybridized carbons (Fsp3) is 0.241. The van der Waals surface area contributed by atoms with Crippen molar-refractivity contribution in [2.75, 3.05) is 0 Å². The molecule has 0 spiro atoms.